The molecule has 104 valence electrons. The largest absolute Gasteiger partial charge is 0.352 e. The lowest BCUT2D eigenvalue weighted by molar-refractivity contribution is -0.134. The molecule has 6 heteroatoms. The van der Waals surface area contributed by atoms with Crippen molar-refractivity contribution in [2.75, 3.05) is 25.1 Å². The number of hydrogen-bond donors (Lipinski definition) is 2. The minimum absolute atomic E-state index is 0.00903. The molecule has 1 heterocycles. The molecule has 0 spiro atoms. The first kappa shape index (κ1) is 15.1. The molecule has 18 heavy (non-hydrogen) atoms. The Morgan fingerprint density at radius 2 is 2.06 bits per heavy atom. The number of hydrogen-bond acceptors (Lipinski definition) is 3. The number of piperidine rings is 1. The third-order valence-corrected chi connectivity index (χ3v) is 3.96. The Kier molecular flexibility index (Phi) is 6.32. The van der Waals surface area contributed by atoms with Gasteiger partial charge in [-0.25, -0.2) is 4.79 Å². The molecule has 0 aliphatic carbocycles. The molecule has 1 unspecified atom stereocenters. The second kappa shape index (κ2) is 7.51. The predicted octanol–water partition coefficient (Wildman–Crippen LogP) is 1.03. The second-order valence-electron chi connectivity index (χ2n) is 4.85. The highest BCUT2D eigenvalue weighted by molar-refractivity contribution is 7.98. The van der Waals surface area contributed by atoms with Crippen molar-refractivity contribution in [1.82, 2.24) is 10.2 Å². The predicted molar refractivity (Wildman–Crippen MR) is 74.5 cm³/mol. The van der Waals surface area contributed by atoms with E-state index in [-0.39, 0.29) is 5.91 Å². The lowest BCUT2D eigenvalue weighted by atomic mass is 9.98. The molecule has 3 N–H and O–H groups in total. The van der Waals surface area contributed by atoms with Crippen LogP contribution >= 0.6 is 11.8 Å². The molecular formula is C12H23N3O2S. The van der Waals surface area contributed by atoms with Gasteiger partial charge in [0.15, 0.2) is 0 Å². The Balaban J connectivity index is 2.54. The zero-order chi connectivity index (χ0) is 13.5. The van der Waals surface area contributed by atoms with Crippen LogP contribution in [-0.2, 0) is 4.79 Å². The summed E-state index contributed by atoms with van der Waals surface area (Å²) >= 11 is 1.66. The van der Waals surface area contributed by atoms with E-state index in [2.05, 4.69) is 12.2 Å². The molecule has 1 rings (SSSR count). The van der Waals surface area contributed by atoms with Gasteiger partial charge in [-0.3, -0.25) is 4.79 Å². The fourth-order valence-corrected chi connectivity index (χ4v) is 2.59. The molecule has 0 aromatic rings. The third-order valence-electron chi connectivity index (χ3n) is 3.32. The Morgan fingerprint density at radius 1 is 1.44 bits per heavy atom. The number of likely N-dealkylation sites (tertiary alicyclic amines) is 1. The molecule has 1 saturated heterocycles. The van der Waals surface area contributed by atoms with Crippen molar-refractivity contribution < 1.29 is 9.59 Å². The van der Waals surface area contributed by atoms with Crippen molar-refractivity contribution in [3.63, 3.8) is 0 Å². The van der Waals surface area contributed by atoms with Gasteiger partial charge in [0, 0.05) is 13.1 Å². The molecule has 0 aromatic carbocycles. The number of nitrogens with two attached hydrogens (primary N) is 1. The van der Waals surface area contributed by atoms with E-state index in [1.807, 2.05) is 11.2 Å². The Labute approximate surface area is 113 Å². The molecule has 1 atom stereocenters. The van der Waals surface area contributed by atoms with Crippen molar-refractivity contribution in [3.8, 4) is 0 Å². The van der Waals surface area contributed by atoms with Gasteiger partial charge in [-0.05, 0) is 37.2 Å². The van der Waals surface area contributed by atoms with Gasteiger partial charge < -0.3 is 16.0 Å². The van der Waals surface area contributed by atoms with E-state index < -0.39 is 12.1 Å². The maximum absolute atomic E-state index is 12.3. The minimum atomic E-state index is -0.625. The van der Waals surface area contributed by atoms with E-state index in [0.717, 1.165) is 31.7 Å². The van der Waals surface area contributed by atoms with E-state index in [0.29, 0.717) is 12.3 Å². The van der Waals surface area contributed by atoms with Gasteiger partial charge in [-0.15, -0.1) is 0 Å². The molecule has 3 amide bonds. The normalized spacial score (nSPS) is 18.4. The lowest BCUT2D eigenvalue weighted by Gasteiger charge is -2.33. The molecule has 0 saturated carbocycles. The zero-order valence-electron chi connectivity index (χ0n) is 11.1. The van der Waals surface area contributed by atoms with Crippen LogP contribution in [0.15, 0.2) is 0 Å². The Hall–Kier alpha value is -0.910. The third kappa shape index (κ3) is 4.76. The first-order chi connectivity index (χ1) is 8.54. The second-order valence-corrected chi connectivity index (χ2v) is 5.84. The highest BCUT2D eigenvalue weighted by Crippen LogP contribution is 2.17. The van der Waals surface area contributed by atoms with E-state index in [9.17, 15) is 9.59 Å². The van der Waals surface area contributed by atoms with Gasteiger partial charge in [0.1, 0.15) is 6.04 Å². The lowest BCUT2D eigenvalue weighted by Crippen LogP contribution is -2.52. The van der Waals surface area contributed by atoms with E-state index in [1.54, 1.807) is 11.8 Å². The van der Waals surface area contributed by atoms with Crippen LogP contribution in [-0.4, -0.2) is 48.0 Å². The molecule has 0 aromatic heterocycles. The maximum atomic E-state index is 12.3. The quantitative estimate of drug-likeness (QED) is 0.785. The van der Waals surface area contributed by atoms with Crippen LogP contribution in [0.3, 0.4) is 0 Å². The van der Waals surface area contributed by atoms with Crippen LogP contribution in [0.1, 0.15) is 26.2 Å². The number of urea groups is 1. The SMILES string of the molecule is CSCCC(NC(N)=O)C(=O)N1CCC(C)CC1. The summed E-state index contributed by atoms with van der Waals surface area (Å²) in [6.07, 6.45) is 4.69. The number of rotatable bonds is 5. The van der Waals surface area contributed by atoms with Crippen molar-refractivity contribution in [2.24, 2.45) is 11.7 Å². The van der Waals surface area contributed by atoms with Crippen LogP contribution in [0.25, 0.3) is 0 Å². The van der Waals surface area contributed by atoms with Crippen LogP contribution in [0, 0.1) is 5.92 Å². The average Bonchev–Trinajstić information content (AvgIpc) is 2.34. The van der Waals surface area contributed by atoms with Crippen molar-refractivity contribution >= 4 is 23.7 Å². The van der Waals surface area contributed by atoms with Crippen molar-refractivity contribution in [1.29, 1.82) is 0 Å². The van der Waals surface area contributed by atoms with Gasteiger partial charge in [0.05, 0.1) is 0 Å². The molecule has 1 aliphatic heterocycles. The van der Waals surface area contributed by atoms with Crippen molar-refractivity contribution in [3.05, 3.63) is 0 Å². The number of primary amides is 1. The first-order valence-electron chi connectivity index (χ1n) is 6.38. The summed E-state index contributed by atoms with van der Waals surface area (Å²) < 4.78 is 0. The molecule has 1 fully saturated rings. The van der Waals surface area contributed by atoms with Crippen LogP contribution < -0.4 is 11.1 Å². The number of thioether (sulfide) groups is 1. The summed E-state index contributed by atoms with van der Waals surface area (Å²) in [5.41, 5.74) is 5.13. The number of carbonyl (C=O) groups excluding carboxylic acids is 2. The Bertz CT molecular complexity index is 291. The molecule has 0 bridgehead atoms. The highest BCUT2D eigenvalue weighted by Gasteiger charge is 2.27. The van der Waals surface area contributed by atoms with Gasteiger partial charge in [-0.1, -0.05) is 6.92 Å². The summed E-state index contributed by atoms with van der Waals surface area (Å²) in [6, 6.07) is -1.09. The summed E-state index contributed by atoms with van der Waals surface area (Å²) in [6.45, 7) is 3.78. The summed E-state index contributed by atoms with van der Waals surface area (Å²) in [4.78, 5) is 25.1. The van der Waals surface area contributed by atoms with E-state index in [1.165, 1.54) is 0 Å². The van der Waals surface area contributed by atoms with Gasteiger partial charge in [-0.2, -0.15) is 11.8 Å². The fraction of sp³-hybridized carbons (Fsp3) is 0.833. The van der Waals surface area contributed by atoms with Gasteiger partial charge in [0.25, 0.3) is 0 Å². The number of amides is 3. The Morgan fingerprint density at radius 3 is 2.56 bits per heavy atom. The minimum Gasteiger partial charge on any atom is -0.352 e. The van der Waals surface area contributed by atoms with E-state index in [4.69, 9.17) is 5.73 Å². The smallest absolute Gasteiger partial charge is 0.312 e. The molecule has 0 radical (unpaired) electrons. The number of nitrogens with zero attached hydrogens (tertiary/aromatic N) is 1. The highest BCUT2D eigenvalue weighted by atomic mass is 32.2. The molecule has 1 aliphatic rings. The van der Waals surface area contributed by atoms with E-state index >= 15 is 0 Å². The summed E-state index contributed by atoms with van der Waals surface area (Å²) in [7, 11) is 0. The van der Waals surface area contributed by atoms with Crippen molar-refractivity contribution in [2.45, 2.75) is 32.2 Å². The van der Waals surface area contributed by atoms with Crippen LogP contribution in [0.4, 0.5) is 4.79 Å². The summed E-state index contributed by atoms with van der Waals surface area (Å²) in [5.74, 6) is 1.53. The van der Waals surface area contributed by atoms with Crippen LogP contribution in [0.5, 0.6) is 0 Å². The number of nitrogens with one attached hydrogen (secondary N) is 1. The maximum Gasteiger partial charge on any atom is 0.312 e. The summed E-state index contributed by atoms with van der Waals surface area (Å²) in [5, 5.41) is 2.56. The monoisotopic (exact) mass is 273 g/mol. The molecule has 5 nitrogen and oxygen atoms in total. The standard InChI is InChI=1S/C12H23N3O2S/c1-9-3-6-15(7-4-9)11(16)10(5-8-18-2)14-12(13)17/h9-10H,3-8H2,1-2H3,(H3,13,14,17). The van der Waals surface area contributed by atoms with Gasteiger partial charge >= 0.3 is 6.03 Å². The van der Waals surface area contributed by atoms with Crippen LogP contribution in [0.2, 0.25) is 0 Å². The van der Waals surface area contributed by atoms with Gasteiger partial charge in [0.2, 0.25) is 5.91 Å². The molecular weight excluding hydrogens is 250 g/mol. The fourth-order valence-electron chi connectivity index (χ4n) is 2.11. The topological polar surface area (TPSA) is 75.4 Å². The average molecular weight is 273 g/mol. The number of carbonyl (C=O) groups is 2. The first-order valence-corrected chi connectivity index (χ1v) is 7.77. The zero-order valence-corrected chi connectivity index (χ0v) is 12.0.